The summed E-state index contributed by atoms with van der Waals surface area (Å²) in [6, 6.07) is 13.9. The molecule has 1 aliphatic heterocycles. The van der Waals surface area contributed by atoms with Crippen LogP contribution in [0.2, 0.25) is 0 Å². The van der Waals surface area contributed by atoms with Gasteiger partial charge < -0.3 is 14.5 Å². The molecule has 0 radical (unpaired) electrons. The molecular formula is C21H23FN2O2. The summed E-state index contributed by atoms with van der Waals surface area (Å²) in [6.07, 6.45) is 0. The summed E-state index contributed by atoms with van der Waals surface area (Å²) in [5.74, 6) is 0.483. The third-order valence-electron chi connectivity index (χ3n) is 4.35. The first kappa shape index (κ1) is 18.0. The van der Waals surface area contributed by atoms with E-state index in [1.807, 2.05) is 17.9 Å². The third-order valence-corrected chi connectivity index (χ3v) is 4.35. The van der Waals surface area contributed by atoms with Crippen molar-refractivity contribution in [2.24, 2.45) is 0 Å². The van der Waals surface area contributed by atoms with Gasteiger partial charge in [-0.1, -0.05) is 18.7 Å². The molecule has 0 unspecified atom stereocenters. The Morgan fingerprint density at radius 2 is 1.73 bits per heavy atom. The average Bonchev–Trinajstić information content (AvgIpc) is 2.67. The summed E-state index contributed by atoms with van der Waals surface area (Å²) in [7, 11) is 0. The number of hydrogen-bond acceptors (Lipinski definition) is 3. The lowest BCUT2D eigenvalue weighted by Gasteiger charge is -2.36. The fourth-order valence-electron chi connectivity index (χ4n) is 2.94. The Morgan fingerprint density at radius 1 is 1.08 bits per heavy atom. The number of rotatable bonds is 5. The van der Waals surface area contributed by atoms with Gasteiger partial charge in [0, 0.05) is 31.7 Å². The molecule has 0 saturated carbocycles. The van der Waals surface area contributed by atoms with Crippen molar-refractivity contribution in [3.05, 3.63) is 72.1 Å². The van der Waals surface area contributed by atoms with Crippen LogP contribution in [-0.4, -0.2) is 43.6 Å². The fraction of sp³-hybridized carbons (Fsp3) is 0.286. The lowest BCUT2D eigenvalue weighted by Crippen LogP contribution is -2.49. The first-order valence-corrected chi connectivity index (χ1v) is 8.70. The maximum Gasteiger partial charge on any atom is 0.253 e. The zero-order chi connectivity index (χ0) is 18.5. The molecular weight excluding hydrogens is 331 g/mol. The minimum atomic E-state index is -0.224. The zero-order valence-electron chi connectivity index (χ0n) is 15.0. The third kappa shape index (κ3) is 4.23. The van der Waals surface area contributed by atoms with E-state index in [1.165, 1.54) is 6.07 Å². The second kappa shape index (κ2) is 8.04. The predicted molar refractivity (Wildman–Crippen MR) is 101 cm³/mol. The molecule has 2 aromatic carbocycles. The van der Waals surface area contributed by atoms with Crippen molar-refractivity contribution >= 4 is 11.6 Å². The molecule has 1 amide bonds. The molecule has 0 aromatic heterocycles. The van der Waals surface area contributed by atoms with Gasteiger partial charge in [-0.2, -0.15) is 0 Å². The number of hydrogen-bond donors (Lipinski definition) is 0. The van der Waals surface area contributed by atoms with Crippen LogP contribution in [0.5, 0.6) is 5.75 Å². The van der Waals surface area contributed by atoms with E-state index in [1.54, 1.807) is 41.3 Å². The molecule has 5 heteroatoms. The summed E-state index contributed by atoms with van der Waals surface area (Å²) in [5, 5.41) is 0. The van der Waals surface area contributed by atoms with Gasteiger partial charge in [0.15, 0.2) is 0 Å². The van der Waals surface area contributed by atoms with Gasteiger partial charge in [-0.25, -0.2) is 4.39 Å². The smallest absolute Gasteiger partial charge is 0.253 e. The van der Waals surface area contributed by atoms with Crippen molar-refractivity contribution in [3.63, 3.8) is 0 Å². The van der Waals surface area contributed by atoms with Crippen molar-refractivity contribution in [2.75, 3.05) is 37.7 Å². The number of amides is 1. The van der Waals surface area contributed by atoms with Crippen LogP contribution in [0.1, 0.15) is 17.3 Å². The maximum absolute atomic E-state index is 13.9. The number of piperazine rings is 1. The van der Waals surface area contributed by atoms with Crippen LogP contribution >= 0.6 is 0 Å². The molecule has 2 aromatic rings. The Kier molecular flexibility index (Phi) is 5.56. The molecule has 1 fully saturated rings. The normalized spacial score (nSPS) is 14.2. The van der Waals surface area contributed by atoms with Gasteiger partial charge >= 0.3 is 0 Å². The number of carbonyl (C=O) groups excluding carboxylic acids is 1. The lowest BCUT2D eigenvalue weighted by molar-refractivity contribution is 0.0746. The summed E-state index contributed by atoms with van der Waals surface area (Å²) in [5.41, 5.74) is 2.17. The van der Waals surface area contributed by atoms with Gasteiger partial charge in [-0.05, 0) is 48.9 Å². The summed E-state index contributed by atoms with van der Waals surface area (Å²) < 4.78 is 19.5. The summed E-state index contributed by atoms with van der Waals surface area (Å²) >= 11 is 0. The van der Waals surface area contributed by atoms with Crippen LogP contribution < -0.4 is 9.64 Å². The number of halogens is 1. The van der Waals surface area contributed by atoms with Gasteiger partial charge in [-0.3, -0.25) is 4.79 Å². The Balaban J connectivity index is 1.58. The molecule has 26 heavy (non-hydrogen) atoms. The van der Waals surface area contributed by atoms with Crippen LogP contribution in [0.4, 0.5) is 10.1 Å². The molecule has 1 heterocycles. The molecule has 0 bridgehead atoms. The number of nitrogens with zero attached hydrogens (tertiary/aromatic N) is 2. The van der Waals surface area contributed by atoms with Gasteiger partial charge in [0.25, 0.3) is 5.91 Å². The molecule has 0 aliphatic carbocycles. The second-order valence-corrected chi connectivity index (χ2v) is 6.50. The van der Waals surface area contributed by atoms with Gasteiger partial charge in [0.2, 0.25) is 0 Å². The van der Waals surface area contributed by atoms with E-state index >= 15 is 0 Å². The van der Waals surface area contributed by atoms with Crippen LogP contribution in [0.3, 0.4) is 0 Å². The van der Waals surface area contributed by atoms with Crippen molar-refractivity contribution < 1.29 is 13.9 Å². The van der Waals surface area contributed by atoms with Crippen molar-refractivity contribution in [2.45, 2.75) is 6.92 Å². The Hall–Kier alpha value is -2.82. The Bertz CT molecular complexity index is 781. The van der Waals surface area contributed by atoms with Gasteiger partial charge in [0.1, 0.15) is 18.2 Å². The number of ether oxygens (including phenoxy) is 1. The molecule has 136 valence electrons. The number of benzene rings is 2. The van der Waals surface area contributed by atoms with Crippen molar-refractivity contribution in [3.8, 4) is 5.75 Å². The highest BCUT2D eigenvalue weighted by Crippen LogP contribution is 2.21. The molecule has 3 rings (SSSR count). The van der Waals surface area contributed by atoms with Crippen molar-refractivity contribution in [1.29, 1.82) is 0 Å². The highest BCUT2D eigenvalue weighted by Gasteiger charge is 2.23. The molecule has 1 saturated heterocycles. The number of para-hydroxylation sites is 1. The Morgan fingerprint density at radius 3 is 2.35 bits per heavy atom. The van der Waals surface area contributed by atoms with E-state index < -0.39 is 0 Å². The van der Waals surface area contributed by atoms with Crippen molar-refractivity contribution in [1.82, 2.24) is 4.90 Å². The number of carbonyl (C=O) groups is 1. The van der Waals surface area contributed by atoms with E-state index in [2.05, 4.69) is 6.58 Å². The predicted octanol–water partition coefficient (Wildman–Crippen LogP) is 3.74. The SMILES string of the molecule is C=C(C)COc1ccc(C(=O)N2CCN(c3ccccc3F)CC2)cc1. The van der Waals surface area contributed by atoms with E-state index in [0.29, 0.717) is 49.8 Å². The first-order chi connectivity index (χ1) is 12.5. The lowest BCUT2D eigenvalue weighted by atomic mass is 10.1. The van der Waals surface area contributed by atoms with E-state index in [-0.39, 0.29) is 11.7 Å². The van der Waals surface area contributed by atoms with Crippen LogP contribution in [0.25, 0.3) is 0 Å². The minimum Gasteiger partial charge on any atom is -0.489 e. The first-order valence-electron chi connectivity index (χ1n) is 8.70. The summed E-state index contributed by atoms with van der Waals surface area (Å²) in [4.78, 5) is 16.5. The van der Waals surface area contributed by atoms with E-state index in [0.717, 1.165) is 5.57 Å². The van der Waals surface area contributed by atoms with Crippen LogP contribution in [0.15, 0.2) is 60.7 Å². The second-order valence-electron chi connectivity index (χ2n) is 6.50. The molecule has 0 spiro atoms. The monoisotopic (exact) mass is 354 g/mol. The highest BCUT2D eigenvalue weighted by atomic mass is 19.1. The molecule has 0 atom stereocenters. The number of anilines is 1. The molecule has 1 aliphatic rings. The zero-order valence-corrected chi connectivity index (χ0v) is 15.0. The molecule has 4 nitrogen and oxygen atoms in total. The molecule has 0 N–H and O–H groups in total. The van der Waals surface area contributed by atoms with Gasteiger partial charge in [0.05, 0.1) is 5.69 Å². The minimum absolute atomic E-state index is 0.00960. The van der Waals surface area contributed by atoms with Gasteiger partial charge in [-0.15, -0.1) is 0 Å². The highest BCUT2D eigenvalue weighted by molar-refractivity contribution is 5.94. The van der Waals surface area contributed by atoms with E-state index in [4.69, 9.17) is 4.74 Å². The average molecular weight is 354 g/mol. The van der Waals surface area contributed by atoms with Crippen LogP contribution in [0, 0.1) is 5.82 Å². The summed E-state index contributed by atoms with van der Waals surface area (Å²) in [6.45, 7) is 8.54. The van der Waals surface area contributed by atoms with Crippen LogP contribution in [-0.2, 0) is 0 Å². The van der Waals surface area contributed by atoms with E-state index in [9.17, 15) is 9.18 Å². The maximum atomic E-state index is 13.9. The quantitative estimate of drug-likeness (QED) is 0.767. The fourth-order valence-corrected chi connectivity index (χ4v) is 2.94. The topological polar surface area (TPSA) is 32.8 Å². The standard InChI is InChI=1S/C21H23FN2O2/c1-16(2)15-26-18-9-7-17(8-10-18)21(25)24-13-11-23(12-14-24)20-6-4-3-5-19(20)22/h3-10H,1,11-15H2,2H3. The Labute approximate surface area is 153 Å². The largest absolute Gasteiger partial charge is 0.489 e.